The molecule has 2 nitrogen and oxygen atoms in total. The van der Waals surface area contributed by atoms with Gasteiger partial charge in [-0.25, -0.2) is 0 Å². The van der Waals surface area contributed by atoms with Crippen molar-refractivity contribution in [3.63, 3.8) is 0 Å². The van der Waals surface area contributed by atoms with Crippen LogP contribution >= 0.6 is 0 Å². The average Bonchev–Trinajstić information content (AvgIpc) is 2.17. The topological polar surface area (TPSA) is 52.0 Å². The van der Waals surface area contributed by atoms with Gasteiger partial charge in [-0.1, -0.05) is 45.0 Å². The van der Waals surface area contributed by atoms with Crippen molar-refractivity contribution in [3.8, 4) is 0 Å². The zero-order valence-electron chi connectivity index (χ0n) is 10.2. The van der Waals surface area contributed by atoms with Crippen LogP contribution in [0.3, 0.4) is 0 Å². The molecule has 2 heteroatoms. The minimum absolute atomic E-state index is 0.187. The molecule has 0 aliphatic rings. The molecule has 84 valence electrons. The molecule has 0 saturated heterocycles. The summed E-state index contributed by atoms with van der Waals surface area (Å²) in [6.45, 7) is 9.02. The van der Waals surface area contributed by atoms with Crippen LogP contribution in [-0.4, -0.2) is 6.54 Å². The maximum atomic E-state index is 6.07. The molecular formula is C13H22N2. The Morgan fingerprint density at radius 2 is 1.33 bits per heavy atom. The highest BCUT2D eigenvalue weighted by Crippen LogP contribution is 2.24. The number of hydrogen-bond donors (Lipinski definition) is 2. The first-order valence-electron chi connectivity index (χ1n) is 5.37. The quantitative estimate of drug-likeness (QED) is 0.778. The number of nitrogens with two attached hydrogens (primary N) is 2. The second kappa shape index (κ2) is 3.95. The van der Waals surface area contributed by atoms with Gasteiger partial charge in [-0.05, 0) is 23.5 Å². The lowest BCUT2D eigenvalue weighted by atomic mass is 9.84. The Hall–Kier alpha value is -0.860. The van der Waals surface area contributed by atoms with Crippen LogP contribution in [0.15, 0.2) is 24.3 Å². The second-order valence-electron chi connectivity index (χ2n) is 5.45. The van der Waals surface area contributed by atoms with E-state index in [0.717, 1.165) is 5.56 Å². The van der Waals surface area contributed by atoms with Gasteiger partial charge in [-0.2, -0.15) is 0 Å². The van der Waals surface area contributed by atoms with Crippen LogP contribution in [0.25, 0.3) is 0 Å². The summed E-state index contributed by atoms with van der Waals surface area (Å²) in [5.41, 5.74) is 13.9. The number of rotatable bonds is 2. The van der Waals surface area contributed by atoms with Crippen molar-refractivity contribution < 1.29 is 0 Å². The molecule has 0 fully saturated rings. The lowest BCUT2D eigenvalue weighted by Gasteiger charge is -2.25. The molecule has 0 saturated carbocycles. The monoisotopic (exact) mass is 206 g/mol. The highest BCUT2D eigenvalue weighted by Gasteiger charge is 2.20. The van der Waals surface area contributed by atoms with Crippen molar-refractivity contribution in [3.05, 3.63) is 35.4 Å². The Balaban J connectivity index is 3.01. The number of benzene rings is 1. The third kappa shape index (κ3) is 2.80. The van der Waals surface area contributed by atoms with Crippen LogP contribution in [0.4, 0.5) is 0 Å². The first-order valence-corrected chi connectivity index (χ1v) is 5.37. The molecule has 1 atom stereocenters. The van der Waals surface area contributed by atoms with Gasteiger partial charge in [0.05, 0.1) is 5.54 Å². The second-order valence-corrected chi connectivity index (χ2v) is 5.45. The molecule has 4 N–H and O–H groups in total. The molecular weight excluding hydrogens is 184 g/mol. The minimum atomic E-state index is -0.420. The Bertz CT molecular complexity index is 317. The fourth-order valence-electron chi connectivity index (χ4n) is 1.47. The molecule has 1 rings (SSSR count). The third-order valence-electron chi connectivity index (χ3n) is 2.83. The van der Waals surface area contributed by atoms with Gasteiger partial charge in [0.1, 0.15) is 0 Å². The van der Waals surface area contributed by atoms with Gasteiger partial charge in [0.2, 0.25) is 0 Å². The fourth-order valence-corrected chi connectivity index (χ4v) is 1.47. The Labute approximate surface area is 92.7 Å². The third-order valence-corrected chi connectivity index (χ3v) is 2.83. The van der Waals surface area contributed by atoms with E-state index in [0.29, 0.717) is 6.54 Å². The van der Waals surface area contributed by atoms with Gasteiger partial charge in [0, 0.05) is 6.54 Å². The maximum Gasteiger partial charge on any atom is 0.0505 e. The summed E-state index contributed by atoms with van der Waals surface area (Å²) in [6, 6.07) is 8.42. The molecule has 1 unspecified atom stereocenters. The lowest BCUT2D eigenvalue weighted by Crippen LogP contribution is -2.40. The smallest absolute Gasteiger partial charge is 0.0505 e. The number of hydrogen-bond acceptors (Lipinski definition) is 2. The van der Waals surface area contributed by atoms with E-state index in [1.165, 1.54) is 5.56 Å². The van der Waals surface area contributed by atoms with Crippen molar-refractivity contribution in [1.82, 2.24) is 0 Å². The summed E-state index contributed by atoms with van der Waals surface area (Å²) in [6.07, 6.45) is 0. The maximum absolute atomic E-state index is 6.07. The van der Waals surface area contributed by atoms with E-state index in [-0.39, 0.29) is 5.41 Å². The van der Waals surface area contributed by atoms with Crippen LogP contribution in [0, 0.1) is 0 Å². The molecule has 0 aliphatic heterocycles. The Kier molecular flexibility index (Phi) is 3.22. The van der Waals surface area contributed by atoms with Crippen molar-refractivity contribution >= 4 is 0 Å². The summed E-state index contributed by atoms with van der Waals surface area (Å²) in [5, 5.41) is 0. The highest BCUT2D eigenvalue weighted by molar-refractivity contribution is 5.31. The van der Waals surface area contributed by atoms with Crippen LogP contribution < -0.4 is 11.5 Å². The Morgan fingerprint density at radius 3 is 1.67 bits per heavy atom. The van der Waals surface area contributed by atoms with Crippen molar-refractivity contribution in [2.45, 2.75) is 38.6 Å². The fraction of sp³-hybridized carbons (Fsp3) is 0.538. The normalized spacial score (nSPS) is 16.1. The van der Waals surface area contributed by atoms with E-state index >= 15 is 0 Å². The van der Waals surface area contributed by atoms with E-state index in [1.807, 2.05) is 6.92 Å². The summed E-state index contributed by atoms with van der Waals surface area (Å²) in [5.74, 6) is 0. The van der Waals surface area contributed by atoms with Crippen molar-refractivity contribution in [2.75, 3.05) is 6.54 Å². The standard InChI is InChI=1S/C13H22N2/c1-12(2,3)10-5-7-11(8-6-10)13(4,15)9-14/h5-8H,9,14-15H2,1-4H3. The first kappa shape index (κ1) is 12.2. The first-order chi connectivity index (χ1) is 6.77. The minimum Gasteiger partial charge on any atom is -0.328 e. The largest absolute Gasteiger partial charge is 0.328 e. The van der Waals surface area contributed by atoms with Crippen molar-refractivity contribution in [1.29, 1.82) is 0 Å². The van der Waals surface area contributed by atoms with Gasteiger partial charge in [0.25, 0.3) is 0 Å². The molecule has 15 heavy (non-hydrogen) atoms. The molecule has 1 aromatic carbocycles. The highest BCUT2D eigenvalue weighted by atomic mass is 14.8. The zero-order chi connectivity index (χ0) is 11.7. The van der Waals surface area contributed by atoms with Crippen LogP contribution in [0.2, 0.25) is 0 Å². The molecule has 0 bridgehead atoms. The summed E-state index contributed by atoms with van der Waals surface area (Å²) >= 11 is 0. The molecule has 0 aromatic heterocycles. The van der Waals surface area contributed by atoms with Crippen LogP contribution in [-0.2, 0) is 11.0 Å². The Morgan fingerprint density at radius 1 is 0.933 bits per heavy atom. The van der Waals surface area contributed by atoms with E-state index in [2.05, 4.69) is 45.0 Å². The van der Waals surface area contributed by atoms with E-state index < -0.39 is 5.54 Å². The van der Waals surface area contributed by atoms with E-state index in [9.17, 15) is 0 Å². The molecule has 0 radical (unpaired) electrons. The van der Waals surface area contributed by atoms with Gasteiger partial charge in [-0.15, -0.1) is 0 Å². The summed E-state index contributed by atoms with van der Waals surface area (Å²) in [7, 11) is 0. The summed E-state index contributed by atoms with van der Waals surface area (Å²) in [4.78, 5) is 0. The zero-order valence-corrected chi connectivity index (χ0v) is 10.2. The van der Waals surface area contributed by atoms with Gasteiger partial charge >= 0.3 is 0 Å². The predicted octanol–water partition coefficient (Wildman–Crippen LogP) is 2.12. The molecule has 0 spiro atoms. The van der Waals surface area contributed by atoms with Crippen LogP contribution in [0.5, 0.6) is 0 Å². The van der Waals surface area contributed by atoms with Crippen molar-refractivity contribution in [2.24, 2.45) is 11.5 Å². The molecule has 0 aliphatic carbocycles. The average molecular weight is 206 g/mol. The van der Waals surface area contributed by atoms with Gasteiger partial charge < -0.3 is 11.5 Å². The van der Waals surface area contributed by atoms with E-state index in [4.69, 9.17) is 11.5 Å². The molecule has 0 amide bonds. The van der Waals surface area contributed by atoms with Gasteiger partial charge in [0.15, 0.2) is 0 Å². The molecule has 0 heterocycles. The molecule has 1 aromatic rings. The summed E-state index contributed by atoms with van der Waals surface area (Å²) < 4.78 is 0. The predicted molar refractivity (Wildman–Crippen MR) is 65.7 cm³/mol. The van der Waals surface area contributed by atoms with Crippen LogP contribution in [0.1, 0.15) is 38.8 Å². The van der Waals surface area contributed by atoms with Gasteiger partial charge in [-0.3, -0.25) is 0 Å². The van der Waals surface area contributed by atoms with E-state index in [1.54, 1.807) is 0 Å². The lowest BCUT2D eigenvalue weighted by molar-refractivity contribution is 0.506. The SMILES string of the molecule is CC(C)(C)c1ccc(C(C)(N)CN)cc1.